The van der Waals surface area contributed by atoms with E-state index in [4.69, 9.17) is 9.97 Å². The number of carbonyl (C=O) groups excluding carboxylic acids is 1. The van der Waals surface area contributed by atoms with Gasteiger partial charge in [-0.25, -0.2) is 0 Å². The number of aromatic nitrogens is 2. The van der Waals surface area contributed by atoms with Gasteiger partial charge in [0, 0.05) is 62.7 Å². The standard InChI is InChI=1S/C28H27N2.C11H20O2.Ir/c1-17-10-11-23(21(5)12-17)28-22(6)13-18(2)14-24(28)25-15-30-26(16-29-25)27-19(3)8-7-9-20(27)4;1-8(2)5-10(12)7-11(13)6-9(3)4;/h7-13,15-16H,1-6H3;7-9,12H,5-6H2,1-4H3;/q-1;;/b;10-7-;. The van der Waals surface area contributed by atoms with Crippen LogP contribution in [-0.4, -0.2) is 20.9 Å². The van der Waals surface area contributed by atoms with Crippen molar-refractivity contribution in [3.63, 3.8) is 0 Å². The van der Waals surface area contributed by atoms with Crippen molar-refractivity contribution in [1.82, 2.24) is 9.97 Å². The van der Waals surface area contributed by atoms with Crippen LogP contribution in [0.3, 0.4) is 0 Å². The molecule has 0 aliphatic heterocycles. The SMILES string of the molecule is CC(C)CC(=O)/C=C(\O)CC(C)C.Cc1[c-]c(-c2cnc(-c3c(C)cccc3C)cn2)c(-c2ccc(C)cc2C)c(C)c1.[Ir]. The second-order valence-corrected chi connectivity index (χ2v) is 12.6. The van der Waals surface area contributed by atoms with Gasteiger partial charge in [-0.3, -0.25) is 9.78 Å². The van der Waals surface area contributed by atoms with E-state index in [1.54, 1.807) is 0 Å². The van der Waals surface area contributed by atoms with E-state index in [9.17, 15) is 9.90 Å². The van der Waals surface area contributed by atoms with Crippen molar-refractivity contribution < 1.29 is 30.0 Å². The normalized spacial score (nSPS) is 11.2. The van der Waals surface area contributed by atoms with Crippen molar-refractivity contribution in [2.24, 2.45) is 11.8 Å². The van der Waals surface area contributed by atoms with Crippen molar-refractivity contribution in [2.45, 2.75) is 82.1 Å². The van der Waals surface area contributed by atoms with Crippen LogP contribution in [0.2, 0.25) is 0 Å². The summed E-state index contributed by atoms with van der Waals surface area (Å²) in [6, 6.07) is 18.7. The second-order valence-electron chi connectivity index (χ2n) is 12.6. The summed E-state index contributed by atoms with van der Waals surface area (Å²) in [5.74, 6) is 0.979. The first-order valence-electron chi connectivity index (χ1n) is 15.2. The Balaban J connectivity index is 0.000000412. The number of carbonyl (C=O) groups is 1. The molecule has 1 heterocycles. The molecule has 0 fully saturated rings. The van der Waals surface area contributed by atoms with Crippen LogP contribution in [0.1, 0.15) is 73.9 Å². The molecule has 0 atom stereocenters. The van der Waals surface area contributed by atoms with Crippen LogP contribution in [0, 0.1) is 59.4 Å². The van der Waals surface area contributed by atoms with Gasteiger partial charge in [-0.1, -0.05) is 100 Å². The minimum atomic E-state index is 0. The van der Waals surface area contributed by atoms with Gasteiger partial charge in [0.1, 0.15) is 0 Å². The molecule has 0 saturated carbocycles. The summed E-state index contributed by atoms with van der Waals surface area (Å²) < 4.78 is 0. The average molecular weight is 768 g/mol. The summed E-state index contributed by atoms with van der Waals surface area (Å²) >= 11 is 0. The molecule has 4 nitrogen and oxygen atoms in total. The number of rotatable bonds is 8. The molecule has 1 N–H and O–H groups in total. The molecule has 3 aromatic carbocycles. The van der Waals surface area contributed by atoms with E-state index < -0.39 is 0 Å². The monoisotopic (exact) mass is 768 g/mol. The fourth-order valence-electron chi connectivity index (χ4n) is 5.45. The maximum atomic E-state index is 11.2. The molecule has 0 amide bonds. The molecule has 0 saturated heterocycles. The van der Waals surface area contributed by atoms with Gasteiger partial charge in [-0.05, 0) is 50.7 Å². The summed E-state index contributed by atoms with van der Waals surface area (Å²) in [5.41, 5.74) is 13.6. The van der Waals surface area contributed by atoms with Crippen molar-refractivity contribution in [1.29, 1.82) is 0 Å². The maximum Gasteiger partial charge on any atom is 0.159 e. The molecular weight excluding hydrogens is 721 g/mol. The number of benzene rings is 3. The number of aliphatic hydroxyl groups is 1. The molecular formula is C39H47IrN2O2-. The minimum Gasteiger partial charge on any atom is -0.512 e. The quantitative estimate of drug-likeness (QED) is 0.110. The Morgan fingerprint density at radius 1 is 0.773 bits per heavy atom. The Kier molecular flexibility index (Phi) is 13.9. The van der Waals surface area contributed by atoms with E-state index in [1.165, 1.54) is 45.0 Å². The average Bonchev–Trinajstić information content (AvgIpc) is 2.88. The Hall–Kier alpha value is -3.40. The zero-order chi connectivity index (χ0) is 31.8. The molecule has 5 heteroatoms. The summed E-state index contributed by atoms with van der Waals surface area (Å²) in [6.45, 7) is 20.8. The van der Waals surface area contributed by atoms with Gasteiger partial charge < -0.3 is 10.1 Å². The number of hydrogen-bond donors (Lipinski definition) is 1. The number of nitrogens with zero attached hydrogens (tertiary/aromatic N) is 2. The summed E-state index contributed by atoms with van der Waals surface area (Å²) in [7, 11) is 0. The Morgan fingerprint density at radius 3 is 1.91 bits per heavy atom. The summed E-state index contributed by atoms with van der Waals surface area (Å²) in [6.07, 6.45) is 6.24. The zero-order valence-corrected chi connectivity index (χ0v) is 30.3. The first-order chi connectivity index (χ1) is 20.3. The van der Waals surface area contributed by atoms with E-state index in [1.807, 2.05) is 40.1 Å². The third-order valence-electron chi connectivity index (χ3n) is 7.25. The van der Waals surface area contributed by atoms with Gasteiger partial charge in [0.15, 0.2) is 5.78 Å². The predicted octanol–water partition coefficient (Wildman–Crippen LogP) is 10.2. The predicted molar refractivity (Wildman–Crippen MR) is 180 cm³/mol. The smallest absolute Gasteiger partial charge is 0.159 e. The van der Waals surface area contributed by atoms with E-state index >= 15 is 0 Å². The number of aryl methyl sites for hydroxylation is 6. The Labute approximate surface area is 278 Å². The van der Waals surface area contributed by atoms with Crippen LogP contribution < -0.4 is 0 Å². The zero-order valence-electron chi connectivity index (χ0n) is 27.9. The first kappa shape index (κ1) is 36.8. The van der Waals surface area contributed by atoms with E-state index in [0.29, 0.717) is 24.7 Å². The number of ketones is 1. The summed E-state index contributed by atoms with van der Waals surface area (Å²) in [4.78, 5) is 20.8. The first-order valence-corrected chi connectivity index (χ1v) is 15.2. The van der Waals surface area contributed by atoms with Crippen molar-refractivity contribution in [3.8, 4) is 33.6 Å². The minimum absolute atomic E-state index is 0. The molecule has 4 rings (SSSR count). The number of aliphatic hydroxyl groups excluding tert-OH is 1. The summed E-state index contributed by atoms with van der Waals surface area (Å²) in [5, 5.41) is 9.34. The van der Waals surface area contributed by atoms with E-state index in [-0.39, 0.29) is 31.6 Å². The van der Waals surface area contributed by atoms with Crippen LogP contribution >= 0.6 is 0 Å². The molecule has 0 aliphatic carbocycles. The van der Waals surface area contributed by atoms with Crippen LogP contribution in [0.5, 0.6) is 0 Å². The van der Waals surface area contributed by atoms with Gasteiger partial charge in [0.25, 0.3) is 0 Å². The van der Waals surface area contributed by atoms with Crippen molar-refractivity contribution in [3.05, 3.63) is 106 Å². The van der Waals surface area contributed by atoms with Gasteiger partial charge in [-0.2, -0.15) is 0 Å². The Morgan fingerprint density at radius 2 is 1.36 bits per heavy atom. The molecule has 1 radical (unpaired) electrons. The fraction of sp³-hybridized carbons (Fsp3) is 0.359. The van der Waals surface area contributed by atoms with Crippen molar-refractivity contribution in [2.75, 3.05) is 0 Å². The third-order valence-corrected chi connectivity index (χ3v) is 7.25. The van der Waals surface area contributed by atoms with Gasteiger partial charge in [-0.15, -0.1) is 28.8 Å². The fourth-order valence-corrected chi connectivity index (χ4v) is 5.45. The molecule has 4 aromatic rings. The van der Waals surface area contributed by atoms with Crippen LogP contribution in [0.15, 0.2) is 66.7 Å². The largest absolute Gasteiger partial charge is 0.512 e. The molecule has 0 unspecified atom stereocenters. The van der Waals surface area contributed by atoms with Crippen LogP contribution in [0.4, 0.5) is 0 Å². The number of allylic oxidation sites excluding steroid dienone is 2. The maximum absolute atomic E-state index is 11.2. The van der Waals surface area contributed by atoms with Gasteiger partial charge >= 0.3 is 0 Å². The van der Waals surface area contributed by atoms with Gasteiger partial charge in [0.2, 0.25) is 0 Å². The van der Waals surface area contributed by atoms with Crippen molar-refractivity contribution >= 4 is 5.78 Å². The molecule has 235 valence electrons. The second kappa shape index (κ2) is 16.6. The van der Waals surface area contributed by atoms with Gasteiger partial charge in [0.05, 0.1) is 11.5 Å². The van der Waals surface area contributed by atoms with E-state index in [2.05, 4.69) is 90.1 Å². The van der Waals surface area contributed by atoms with Crippen LogP contribution in [0.25, 0.3) is 33.6 Å². The molecule has 0 bridgehead atoms. The molecule has 44 heavy (non-hydrogen) atoms. The molecule has 0 aliphatic rings. The Bertz CT molecular complexity index is 1580. The van der Waals surface area contributed by atoms with Crippen LogP contribution in [-0.2, 0) is 24.9 Å². The molecule has 0 spiro atoms. The number of hydrogen-bond acceptors (Lipinski definition) is 4. The third kappa shape index (κ3) is 10.1. The topological polar surface area (TPSA) is 63.1 Å². The molecule has 1 aromatic heterocycles. The van der Waals surface area contributed by atoms with E-state index in [0.717, 1.165) is 28.1 Å².